The van der Waals surface area contributed by atoms with Gasteiger partial charge in [-0.15, -0.1) is 0 Å². The Bertz CT molecular complexity index is 345. The maximum Gasteiger partial charge on any atom is 0.213 e. The summed E-state index contributed by atoms with van der Waals surface area (Å²) < 4.78 is 5.61. The topological polar surface area (TPSA) is 34.1 Å². The lowest BCUT2D eigenvalue weighted by atomic mass is 10.3. The van der Waals surface area contributed by atoms with E-state index in [1.165, 1.54) is 12.8 Å². The molecule has 0 amide bonds. The molecule has 0 spiro atoms. The number of nitrogens with zero attached hydrogens (tertiary/aromatic N) is 1. The van der Waals surface area contributed by atoms with E-state index < -0.39 is 0 Å². The second kappa shape index (κ2) is 9.17. The highest BCUT2D eigenvalue weighted by molar-refractivity contribution is 6.31. The number of hydrogen-bond acceptors (Lipinski definition) is 3. The Morgan fingerprint density at radius 1 is 1.22 bits per heavy atom. The fraction of sp³-hybridized carbons (Fsp3) is 0.643. The van der Waals surface area contributed by atoms with Crippen molar-refractivity contribution in [2.75, 3.05) is 13.2 Å². The van der Waals surface area contributed by atoms with Crippen LogP contribution in [0.1, 0.15) is 45.2 Å². The molecule has 18 heavy (non-hydrogen) atoms. The van der Waals surface area contributed by atoms with Crippen molar-refractivity contribution in [3.8, 4) is 5.88 Å². The van der Waals surface area contributed by atoms with E-state index in [9.17, 15) is 0 Å². The average molecular weight is 271 g/mol. The zero-order chi connectivity index (χ0) is 13.2. The smallest absolute Gasteiger partial charge is 0.213 e. The first-order valence-electron chi connectivity index (χ1n) is 6.76. The van der Waals surface area contributed by atoms with Gasteiger partial charge in [-0.2, -0.15) is 0 Å². The Morgan fingerprint density at radius 2 is 2.06 bits per heavy atom. The first-order chi connectivity index (χ1) is 8.77. The Hall–Kier alpha value is -0.800. The van der Waals surface area contributed by atoms with Crippen LogP contribution in [0, 0.1) is 0 Å². The van der Waals surface area contributed by atoms with Crippen LogP contribution in [0.15, 0.2) is 12.1 Å². The predicted octanol–water partition coefficient (Wildman–Crippen LogP) is 3.80. The van der Waals surface area contributed by atoms with E-state index in [0.29, 0.717) is 17.4 Å². The molecule has 0 bridgehead atoms. The molecule has 1 N–H and O–H groups in total. The van der Waals surface area contributed by atoms with Gasteiger partial charge in [-0.3, -0.25) is 0 Å². The van der Waals surface area contributed by atoms with Crippen LogP contribution in [0.3, 0.4) is 0 Å². The van der Waals surface area contributed by atoms with Crippen LogP contribution in [0.5, 0.6) is 5.88 Å². The van der Waals surface area contributed by atoms with Crippen LogP contribution < -0.4 is 10.1 Å². The summed E-state index contributed by atoms with van der Waals surface area (Å²) in [4.78, 5) is 4.43. The summed E-state index contributed by atoms with van der Waals surface area (Å²) >= 11 is 6.10. The number of ether oxygens (including phenoxy) is 1. The van der Waals surface area contributed by atoms with Gasteiger partial charge in [0.25, 0.3) is 0 Å². The standard InChI is InChI=1S/C14H23ClN2O/c1-3-5-6-10-18-14-8-7-12(15)13(17-14)11-16-9-4-2/h7-8,16H,3-6,9-11H2,1-2H3. The lowest BCUT2D eigenvalue weighted by Gasteiger charge is -2.09. The second-order valence-corrected chi connectivity index (χ2v) is 4.72. The van der Waals surface area contributed by atoms with Gasteiger partial charge in [0, 0.05) is 12.6 Å². The summed E-state index contributed by atoms with van der Waals surface area (Å²) in [6.07, 6.45) is 4.57. The molecule has 102 valence electrons. The van der Waals surface area contributed by atoms with E-state index in [2.05, 4.69) is 24.1 Å². The molecular weight excluding hydrogens is 248 g/mol. The van der Waals surface area contributed by atoms with Crippen LogP contribution in [-0.4, -0.2) is 18.1 Å². The van der Waals surface area contributed by atoms with E-state index in [4.69, 9.17) is 16.3 Å². The third-order valence-electron chi connectivity index (χ3n) is 2.61. The SMILES string of the molecule is CCCCCOc1ccc(Cl)c(CNCCC)n1. The molecule has 1 aromatic rings. The van der Waals surface area contributed by atoms with Gasteiger partial charge in [0.1, 0.15) is 0 Å². The maximum atomic E-state index is 6.10. The van der Waals surface area contributed by atoms with Crippen LogP contribution in [0.2, 0.25) is 5.02 Å². The molecule has 0 aliphatic rings. The lowest BCUT2D eigenvalue weighted by Crippen LogP contribution is -2.15. The number of hydrogen-bond donors (Lipinski definition) is 1. The van der Waals surface area contributed by atoms with Crippen molar-refractivity contribution in [1.29, 1.82) is 0 Å². The van der Waals surface area contributed by atoms with Crippen molar-refractivity contribution in [3.05, 3.63) is 22.8 Å². The summed E-state index contributed by atoms with van der Waals surface area (Å²) in [5, 5.41) is 3.99. The molecule has 0 saturated heterocycles. The summed E-state index contributed by atoms with van der Waals surface area (Å²) in [7, 11) is 0. The molecule has 0 aliphatic carbocycles. The van der Waals surface area contributed by atoms with Crippen molar-refractivity contribution in [1.82, 2.24) is 10.3 Å². The van der Waals surface area contributed by atoms with Crippen molar-refractivity contribution >= 4 is 11.6 Å². The normalized spacial score (nSPS) is 10.6. The maximum absolute atomic E-state index is 6.10. The van der Waals surface area contributed by atoms with Gasteiger partial charge in [-0.05, 0) is 25.5 Å². The van der Waals surface area contributed by atoms with E-state index in [1.807, 2.05) is 12.1 Å². The van der Waals surface area contributed by atoms with Crippen LogP contribution in [0.25, 0.3) is 0 Å². The van der Waals surface area contributed by atoms with Gasteiger partial charge in [0.15, 0.2) is 0 Å². The third-order valence-corrected chi connectivity index (χ3v) is 2.95. The minimum absolute atomic E-state index is 0.670. The van der Waals surface area contributed by atoms with Gasteiger partial charge >= 0.3 is 0 Å². The van der Waals surface area contributed by atoms with Crippen LogP contribution >= 0.6 is 11.6 Å². The van der Waals surface area contributed by atoms with Crippen LogP contribution in [-0.2, 0) is 6.54 Å². The van der Waals surface area contributed by atoms with Gasteiger partial charge in [-0.25, -0.2) is 4.98 Å². The zero-order valence-electron chi connectivity index (χ0n) is 11.3. The Kier molecular flexibility index (Phi) is 7.78. The highest BCUT2D eigenvalue weighted by atomic mass is 35.5. The van der Waals surface area contributed by atoms with E-state index >= 15 is 0 Å². The number of unbranched alkanes of at least 4 members (excludes halogenated alkanes) is 2. The lowest BCUT2D eigenvalue weighted by molar-refractivity contribution is 0.294. The molecule has 4 heteroatoms. The largest absolute Gasteiger partial charge is 0.478 e. The highest BCUT2D eigenvalue weighted by Gasteiger charge is 2.04. The number of nitrogens with one attached hydrogen (secondary N) is 1. The molecule has 0 radical (unpaired) electrons. The van der Waals surface area contributed by atoms with Crippen molar-refractivity contribution in [2.24, 2.45) is 0 Å². The molecule has 3 nitrogen and oxygen atoms in total. The molecule has 1 aromatic heterocycles. The predicted molar refractivity (Wildman–Crippen MR) is 76.3 cm³/mol. The fourth-order valence-electron chi connectivity index (χ4n) is 1.58. The molecular formula is C14H23ClN2O. The third kappa shape index (κ3) is 5.69. The Balaban J connectivity index is 2.46. The van der Waals surface area contributed by atoms with E-state index in [-0.39, 0.29) is 0 Å². The number of aromatic nitrogens is 1. The molecule has 0 saturated carbocycles. The monoisotopic (exact) mass is 270 g/mol. The van der Waals surface area contributed by atoms with Gasteiger partial charge in [-0.1, -0.05) is 38.3 Å². The fourth-order valence-corrected chi connectivity index (χ4v) is 1.75. The summed E-state index contributed by atoms with van der Waals surface area (Å²) in [6, 6.07) is 3.68. The molecule has 0 fully saturated rings. The quantitative estimate of drug-likeness (QED) is 0.693. The Morgan fingerprint density at radius 3 is 2.78 bits per heavy atom. The Labute approximate surface area is 115 Å². The highest BCUT2D eigenvalue weighted by Crippen LogP contribution is 2.18. The number of pyridine rings is 1. The molecule has 0 atom stereocenters. The van der Waals surface area contributed by atoms with Crippen molar-refractivity contribution in [3.63, 3.8) is 0 Å². The molecule has 1 heterocycles. The first-order valence-corrected chi connectivity index (χ1v) is 7.14. The average Bonchev–Trinajstić information content (AvgIpc) is 2.38. The molecule has 0 unspecified atom stereocenters. The van der Waals surface area contributed by atoms with E-state index in [0.717, 1.165) is 31.7 Å². The summed E-state index contributed by atoms with van der Waals surface area (Å²) in [6.45, 7) is 6.70. The summed E-state index contributed by atoms with van der Waals surface area (Å²) in [5.41, 5.74) is 0.859. The van der Waals surface area contributed by atoms with Crippen LogP contribution in [0.4, 0.5) is 0 Å². The zero-order valence-corrected chi connectivity index (χ0v) is 12.1. The molecule has 0 aliphatic heterocycles. The second-order valence-electron chi connectivity index (χ2n) is 4.31. The minimum atomic E-state index is 0.670. The first kappa shape index (κ1) is 15.3. The molecule has 1 rings (SSSR count). The van der Waals surface area contributed by atoms with Crippen molar-refractivity contribution in [2.45, 2.75) is 46.1 Å². The number of halogens is 1. The minimum Gasteiger partial charge on any atom is -0.478 e. The van der Waals surface area contributed by atoms with E-state index in [1.54, 1.807) is 0 Å². The molecule has 0 aromatic carbocycles. The van der Waals surface area contributed by atoms with Gasteiger partial charge in [0.2, 0.25) is 5.88 Å². The van der Waals surface area contributed by atoms with Gasteiger partial charge < -0.3 is 10.1 Å². The number of rotatable bonds is 9. The van der Waals surface area contributed by atoms with Gasteiger partial charge in [0.05, 0.1) is 17.3 Å². The van der Waals surface area contributed by atoms with Crippen molar-refractivity contribution < 1.29 is 4.74 Å². The summed E-state index contributed by atoms with van der Waals surface area (Å²) in [5.74, 6) is 0.670.